The zero-order chi connectivity index (χ0) is 33.8. The summed E-state index contributed by atoms with van der Waals surface area (Å²) in [4.78, 5) is 39.7. The average molecular weight is 678 g/mol. The number of nitrogens with zero attached hydrogens (tertiary/aromatic N) is 4. The largest absolute Gasteiger partial charge is 0.491 e. The van der Waals surface area contributed by atoms with Gasteiger partial charge in [0.2, 0.25) is 17.6 Å². The minimum atomic E-state index is -4.16. The Kier molecular flexibility index (Phi) is 7.86. The van der Waals surface area contributed by atoms with Crippen molar-refractivity contribution in [2.75, 3.05) is 10.7 Å². The Morgan fingerprint density at radius 1 is 1.17 bits per heavy atom. The zero-order valence-corrected chi connectivity index (χ0v) is 27.3. The van der Waals surface area contributed by atoms with Gasteiger partial charge in [-0.05, 0) is 82.2 Å². The molecule has 0 radical (unpaired) electrons. The number of hydrogen-bond acceptors (Lipinski definition) is 10. The van der Waals surface area contributed by atoms with Crippen LogP contribution in [0.2, 0.25) is 0 Å². The van der Waals surface area contributed by atoms with Crippen LogP contribution in [-0.2, 0) is 26.6 Å². The topological polar surface area (TPSA) is 186 Å². The molecular weight excluding hydrogens is 641 g/mol. The number of anilines is 1. The molecule has 2 bridgehead atoms. The van der Waals surface area contributed by atoms with Crippen LogP contribution in [0.4, 0.5) is 10.1 Å². The van der Waals surface area contributed by atoms with E-state index in [-0.39, 0.29) is 34.2 Å². The molecule has 252 valence electrons. The molecule has 8 rings (SSSR count). The molecule has 3 fully saturated rings. The fraction of sp³-hybridized carbons (Fsp3) is 0.424. The van der Waals surface area contributed by atoms with Crippen LogP contribution >= 0.6 is 0 Å². The molecule has 13 nitrogen and oxygen atoms in total. The Bertz CT molecular complexity index is 1950. The van der Waals surface area contributed by atoms with E-state index in [1.807, 2.05) is 13.8 Å². The second-order valence-electron chi connectivity index (χ2n) is 13.3. The van der Waals surface area contributed by atoms with Gasteiger partial charge in [-0.3, -0.25) is 9.59 Å². The van der Waals surface area contributed by atoms with E-state index in [1.165, 1.54) is 4.90 Å². The number of sulfone groups is 1. The van der Waals surface area contributed by atoms with Crippen LogP contribution in [-0.4, -0.2) is 63.8 Å². The lowest BCUT2D eigenvalue weighted by atomic mass is 9.57. The number of ether oxygens (including phenoxy) is 1. The molecule has 4 aliphatic rings. The number of rotatable bonds is 8. The number of fused-ring (bicyclic) bond motifs is 4. The van der Waals surface area contributed by atoms with Gasteiger partial charge in [-0.2, -0.15) is 4.98 Å². The van der Waals surface area contributed by atoms with E-state index in [0.29, 0.717) is 67.2 Å². The van der Waals surface area contributed by atoms with Crippen molar-refractivity contribution in [3.8, 4) is 17.3 Å². The first kappa shape index (κ1) is 31.9. The number of halogens is 1. The minimum absolute atomic E-state index is 0.0339. The number of benzene rings is 2. The number of nitrogens with two attached hydrogens (primary N) is 1. The Balaban J connectivity index is 1.14. The van der Waals surface area contributed by atoms with Crippen molar-refractivity contribution in [2.24, 2.45) is 5.73 Å². The van der Waals surface area contributed by atoms with E-state index in [9.17, 15) is 18.0 Å². The fourth-order valence-electron chi connectivity index (χ4n) is 7.11. The van der Waals surface area contributed by atoms with E-state index in [1.54, 1.807) is 36.8 Å². The van der Waals surface area contributed by atoms with Gasteiger partial charge in [0.15, 0.2) is 9.84 Å². The Morgan fingerprint density at radius 3 is 2.52 bits per heavy atom. The maximum absolute atomic E-state index is 15.7. The lowest BCUT2D eigenvalue weighted by molar-refractivity contribution is -0.119. The molecule has 2 amide bonds. The number of aromatic nitrogens is 4. The van der Waals surface area contributed by atoms with Gasteiger partial charge < -0.3 is 30.2 Å². The Morgan fingerprint density at radius 2 is 1.88 bits per heavy atom. The molecule has 2 aromatic heterocycles. The van der Waals surface area contributed by atoms with Gasteiger partial charge >= 0.3 is 0 Å². The molecule has 0 unspecified atom stereocenters. The fourth-order valence-corrected chi connectivity index (χ4v) is 8.68. The standard InChI is InChI=1S/C33H36FN7O6S/c1-19(2)46-21-5-3-20(4-6-21)16-41-26-13-22(23(34)14-27(26)48(44,45)17-24(35)30(41)43)29(42)39-33-10-7-32(8-11-33,9-12-33)31-38-28(40-47-31)25-15-36-18-37-25/h3-6,13-15,18-19,24H,7-12,16-17,35H2,1-2H3,(H,36,37)(H,39,42)/t24-,32?,33?/m0/s1. The van der Waals surface area contributed by atoms with E-state index in [2.05, 4.69) is 25.4 Å². The zero-order valence-electron chi connectivity index (χ0n) is 26.5. The van der Waals surface area contributed by atoms with Gasteiger partial charge in [0.25, 0.3) is 5.91 Å². The molecule has 3 heterocycles. The van der Waals surface area contributed by atoms with Crippen LogP contribution < -0.4 is 20.7 Å². The number of amides is 2. The van der Waals surface area contributed by atoms with Crippen LogP contribution in [0, 0.1) is 5.82 Å². The van der Waals surface area contributed by atoms with Gasteiger partial charge in [-0.15, -0.1) is 0 Å². The van der Waals surface area contributed by atoms with Crippen molar-refractivity contribution in [1.82, 2.24) is 25.4 Å². The highest BCUT2D eigenvalue weighted by Gasteiger charge is 2.53. The van der Waals surface area contributed by atoms with Crippen molar-refractivity contribution < 1.29 is 31.7 Å². The summed E-state index contributed by atoms with van der Waals surface area (Å²) >= 11 is 0. The minimum Gasteiger partial charge on any atom is -0.491 e. The molecule has 48 heavy (non-hydrogen) atoms. The molecule has 3 aliphatic carbocycles. The third-order valence-corrected chi connectivity index (χ3v) is 11.6. The summed E-state index contributed by atoms with van der Waals surface area (Å²) < 4.78 is 53.7. The number of imidazole rings is 1. The maximum atomic E-state index is 15.7. The molecule has 4 N–H and O–H groups in total. The summed E-state index contributed by atoms with van der Waals surface area (Å²) in [6.45, 7) is 3.76. The first-order chi connectivity index (χ1) is 22.9. The number of H-pyrrole nitrogens is 1. The molecule has 3 saturated carbocycles. The third-order valence-electron chi connectivity index (χ3n) is 9.78. The summed E-state index contributed by atoms with van der Waals surface area (Å²) in [5.41, 5.74) is 6.02. The molecule has 1 aliphatic heterocycles. The van der Waals surface area contributed by atoms with Crippen LogP contribution in [0.15, 0.2) is 58.3 Å². The second kappa shape index (κ2) is 11.8. The highest BCUT2D eigenvalue weighted by molar-refractivity contribution is 7.91. The highest BCUT2D eigenvalue weighted by atomic mass is 32.2. The van der Waals surface area contributed by atoms with Crippen molar-refractivity contribution in [3.05, 3.63) is 71.8 Å². The third kappa shape index (κ3) is 5.74. The predicted molar refractivity (Wildman–Crippen MR) is 171 cm³/mol. The van der Waals surface area contributed by atoms with Crippen LogP contribution in [0.1, 0.15) is 74.2 Å². The first-order valence-corrected chi connectivity index (χ1v) is 17.6. The number of nitrogens with one attached hydrogen (secondary N) is 2. The lowest BCUT2D eigenvalue weighted by Crippen LogP contribution is -2.58. The molecule has 4 aromatic rings. The number of aromatic amines is 1. The monoisotopic (exact) mass is 677 g/mol. The molecule has 2 aromatic carbocycles. The van der Waals surface area contributed by atoms with Crippen LogP contribution in [0.3, 0.4) is 0 Å². The number of carbonyl (C=O) groups excluding carboxylic acids is 2. The number of hydrogen-bond donors (Lipinski definition) is 3. The summed E-state index contributed by atoms with van der Waals surface area (Å²) in [6.07, 6.45) is 7.01. The summed E-state index contributed by atoms with van der Waals surface area (Å²) in [7, 11) is -4.16. The number of carbonyl (C=O) groups is 2. The van der Waals surface area contributed by atoms with Crippen molar-refractivity contribution in [1.29, 1.82) is 0 Å². The first-order valence-electron chi connectivity index (χ1n) is 15.9. The SMILES string of the molecule is CC(C)Oc1ccc(CN2C(=O)[C@@H](N)CS(=O)(=O)c3cc(F)c(C(=O)NC45CCC(c6nc(-c7cnc[nH]7)no6)(CC4)CC5)cc32)cc1. The Hall–Kier alpha value is -4.63. The van der Waals surface area contributed by atoms with Gasteiger partial charge in [-0.1, -0.05) is 17.3 Å². The predicted octanol–water partition coefficient (Wildman–Crippen LogP) is 3.81. The van der Waals surface area contributed by atoms with E-state index >= 15 is 4.39 Å². The summed E-state index contributed by atoms with van der Waals surface area (Å²) in [6, 6.07) is 7.62. The highest BCUT2D eigenvalue weighted by Crippen LogP contribution is 2.53. The quantitative estimate of drug-likeness (QED) is 0.248. The summed E-state index contributed by atoms with van der Waals surface area (Å²) in [5, 5.41) is 7.19. The van der Waals surface area contributed by atoms with E-state index < -0.39 is 44.8 Å². The van der Waals surface area contributed by atoms with Crippen LogP contribution in [0.5, 0.6) is 5.75 Å². The van der Waals surface area contributed by atoms with Gasteiger partial charge in [0.05, 0.1) is 53.1 Å². The summed E-state index contributed by atoms with van der Waals surface area (Å²) in [5.74, 6) is -1.40. The van der Waals surface area contributed by atoms with Crippen LogP contribution in [0.25, 0.3) is 11.5 Å². The van der Waals surface area contributed by atoms with Crippen molar-refractivity contribution >= 4 is 27.3 Å². The molecule has 0 saturated heterocycles. The normalized spacial score (nSPS) is 24.7. The molecule has 15 heteroatoms. The molecule has 0 spiro atoms. The molecular formula is C33H36FN7O6S. The van der Waals surface area contributed by atoms with Gasteiger partial charge in [0.1, 0.15) is 17.3 Å². The average Bonchev–Trinajstić information content (AvgIpc) is 3.77. The maximum Gasteiger partial charge on any atom is 0.254 e. The van der Waals surface area contributed by atoms with Gasteiger partial charge in [-0.25, -0.2) is 17.8 Å². The van der Waals surface area contributed by atoms with E-state index in [4.69, 9.17) is 15.0 Å². The lowest BCUT2D eigenvalue weighted by Gasteiger charge is -2.52. The smallest absolute Gasteiger partial charge is 0.254 e. The van der Waals surface area contributed by atoms with Crippen molar-refractivity contribution in [2.45, 2.75) is 86.9 Å². The van der Waals surface area contributed by atoms with E-state index in [0.717, 1.165) is 12.1 Å². The molecule has 1 atom stereocenters. The second-order valence-corrected chi connectivity index (χ2v) is 15.3. The van der Waals surface area contributed by atoms with Gasteiger partial charge in [0, 0.05) is 11.0 Å². The Labute approximate surface area is 276 Å². The van der Waals surface area contributed by atoms with Crippen molar-refractivity contribution in [3.63, 3.8) is 0 Å².